The molecule has 0 bridgehead atoms. The van der Waals surface area contributed by atoms with E-state index in [1.54, 1.807) is 0 Å². The standard InChI is InChI=1S/C5H12N4O3.H2O4S.H2O/c6-4(5(10)11)1-2-12-9-3-8-7;1-5(2,3)4;/h3-4H,1-2,6-7H2,(H,8,9)(H,10,11);(H2,1,2,3,4);1H2/t4-;;/m0../s1. The van der Waals surface area contributed by atoms with Gasteiger partial charge in [-0.1, -0.05) is 0 Å². The van der Waals surface area contributed by atoms with Crippen LogP contribution in [0.1, 0.15) is 6.42 Å². The molecule has 0 fully saturated rings. The van der Waals surface area contributed by atoms with Gasteiger partial charge in [0.2, 0.25) is 0 Å². The molecule has 0 heterocycles. The van der Waals surface area contributed by atoms with Crippen LogP contribution in [0, 0.1) is 0 Å². The second-order valence-corrected chi connectivity index (χ2v) is 3.32. The molecule has 0 aromatic heterocycles. The molecule has 0 spiro atoms. The van der Waals surface area contributed by atoms with E-state index in [2.05, 4.69) is 15.4 Å². The number of nitrogens with one attached hydrogen (secondary N) is 1. The Morgan fingerprint density at radius 3 is 2.28 bits per heavy atom. The second-order valence-electron chi connectivity index (χ2n) is 2.43. The molecule has 0 radical (unpaired) electrons. The topological polar surface area (TPSA) is 229 Å². The van der Waals surface area contributed by atoms with Crippen LogP contribution in [-0.2, 0) is 20.0 Å². The Hall–Kier alpha value is -1.51. The average molecular weight is 292 g/mol. The Bertz CT molecular complexity index is 322. The lowest BCUT2D eigenvalue weighted by Gasteiger charge is -2.05. The minimum atomic E-state index is -4.67. The molecular formula is C5H16N4O8S. The van der Waals surface area contributed by atoms with E-state index in [0.29, 0.717) is 0 Å². The first-order valence-corrected chi connectivity index (χ1v) is 5.35. The minimum Gasteiger partial charge on any atom is -0.480 e. The average Bonchev–Trinajstić information content (AvgIpc) is 2.14. The first-order valence-electron chi connectivity index (χ1n) is 3.95. The summed E-state index contributed by atoms with van der Waals surface area (Å²) in [5.74, 6) is 3.68. The van der Waals surface area contributed by atoms with Gasteiger partial charge in [-0.25, -0.2) is 0 Å². The summed E-state index contributed by atoms with van der Waals surface area (Å²) in [7, 11) is -4.67. The molecule has 0 amide bonds. The van der Waals surface area contributed by atoms with Crippen LogP contribution in [0.15, 0.2) is 5.10 Å². The van der Waals surface area contributed by atoms with Crippen molar-refractivity contribution in [2.45, 2.75) is 12.5 Å². The highest BCUT2D eigenvalue weighted by Crippen LogP contribution is 1.87. The summed E-state index contributed by atoms with van der Waals surface area (Å²) < 4.78 is 31.6. The van der Waals surface area contributed by atoms with E-state index in [0.717, 1.165) is 6.34 Å². The summed E-state index contributed by atoms with van der Waals surface area (Å²) in [5, 5.41) is 11.4. The van der Waals surface area contributed by atoms with E-state index in [9.17, 15) is 4.79 Å². The van der Waals surface area contributed by atoms with Crippen molar-refractivity contribution in [1.82, 2.24) is 5.48 Å². The minimum absolute atomic E-state index is 0. The summed E-state index contributed by atoms with van der Waals surface area (Å²) >= 11 is 0. The molecule has 0 unspecified atom stereocenters. The van der Waals surface area contributed by atoms with E-state index in [4.69, 9.17) is 34.2 Å². The number of carboxylic acids is 1. The zero-order chi connectivity index (χ0) is 13.9. The van der Waals surface area contributed by atoms with Gasteiger partial charge in [0.25, 0.3) is 0 Å². The molecule has 12 nitrogen and oxygen atoms in total. The molecule has 0 saturated carbocycles. The fourth-order valence-electron chi connectivity index (χ4n) is 0.436. The van der Waals surface area contributed by atoms with Gasteiger partial charge in [0.15, 0.2) is 0 Å². The quantitative estimate of drug-likeness (QED) is 0.0713. The zero-order valence-electron chi connectivity index (χ0n) is 9.05. The molecule has 13 heteroatoms. The Morgan fingerprint density at radius 2 is 1.94 bits per heavy atom. The summed E-state index contributed by atoms with van der Waals surface area (Å²) in [4.78, 5) is 14.8. The maximum Gasteiger partial charge on any atom is 0.394 e. The SMILES string of the molecule is NN=CNOCC[C@H](N)C(=O)O.O.O=S(=O)(O)O. The van der Waals surface area contributed by atoms with Crippen molar-refractivity contribution in [1.29, 1.82) is 0 Å². The molecule has 0 aliphatic rings. The first-order chi connectivity index (χ1) is 7.68. The number of carbonyl (C=O) groups is 1. The molecular weight excluding hydrogens is 276 g/mol. The number of nitrogens with zero attached hydrogens (tertiary/aromatic N) is 1. The Balaban J connectivity index is -0.000000321. The maximum absolute atomic E-state index is 10.2. The van der Waals surface area contributed by atoms with Crippen LogP contribution < -0.4 is 17.1 Å². The van der Waals surface area contributed by atoms with Crippen molar-refractivity contribution in [3.63, 3.8) is 0 Å². The molecule has 0 rings (SSSR count). The number of carboxylic acid groups (broad SMARTS) is 1. The fourth-order valence-corrected chi connectivity index (χ4v) is 0.436. The van der Waals surface area contributed by atoms with Crippen molar-refractivity contribution in [3.05, 3.63) is 0 Å². The number of nitrogens with two attached hydrogens (primary N) is 2. The van der Waals surface area contributed by atoms with Crippen LogP contribution in [0.3, 0.4) is 0 Å². The van der Waals surface area contributed by atoms with Crippen LogP contribution in [0.5, 0.6) is 0 Å². The van der Waals surface area contributed by atoms with Gasteiger partial charge in [0.1, 0.15) is 12.4 Å². The number of rotatable bonds is 6. The van der Waals surface area contributed by atoms with E-state index in [1.165, 1.54) is 0 Å². The number of hydrogen-bond donors (Lipinski definition) is 6. The van der Waals surface area contributed by atoms with Crippen LogP contribution in [0.4, 0.5) is 0 Å². The second kappa shape index (κ2) is 12.0. The lowest BCUT2D eigenvalue weighted by molar-refractivity contribution is -0.139. The maximum atomic E-state index is 10.2. The van der Waals surface area contributed by atoms with Gasteiger partial charge in [-0.3, -0.25) is 24.2 Å². The van der Waals surface area contributed by atoms with Crippen molar-refractivity contribution in [3.8, 4) is 0 Å². The van der Waals surface area contributed by atoms with Crippen LogP contribution in [-0.4, -0.2) is 53.1 Å². The molecule has 10 N–H and O–H groups in total. The highest BCUT2D eigenvalue weighted by molar-refractivity contribution is 7.79. The number of hydrazone groups is 1. The molecule has 0 aliphatic heterocycles. The summed E-state index contributed by atoms with van der Waals surface area (Å²) in [6, 6.07) is -0.901. The van der Waals surface area contributed by atoms with Gasteiger partial charge < -0.3 is 22.2 Å². The van der Waals surface area contributed by atoms with Gasteiger partial charge in [-0.2, -0.15) is 13.5 Å². The molecule has 0 aromatic rings. The molecule has 0 saturated heterocycles. The summed E-state index contributed by atoms with van der Waals surface area (Å²) in [6.45, 7) is 0.180. The normalized spacial score (nSPS) is 11.9. The lowest BCUT2D eigenvalue weighted by atomic mass is 10.2. The summed E-state index contributed by atoms with van der Waals surface area (Å²) in [5.41, 5.74) is 7.43. The highest BCUT2D eigenvalue weighted by Gasteiger charge is 2.09. The van der Waals surface area contributed by atoms with Gasteiger partial charge in [0, 0.05) is 0 Å². The molecule has 110 valence electrons. The zero-order valence-corrected chi connectivity index (χ0v) is 9.87. The molecule has 0 aliphatic carbocycles. The van der Waals surface area contributed by atoms with Gasteiger partial charge >= 0.3 is 16.4 Å². The van der Waals surface area contributed by atoms with Gasteiger partial charge in [0.05, 0.1) is 6.61 Å². The van der Waals surface area contributed by atoms with Crippen molar-refractivity contribution in [2.24, 2.45) is 16.7 Å². The predicted octanol–water partition coefficient (Wildman–Crippen LogP) is -3.27. The fraction of sp³-hybridized carbons (Fsp3) is 0.600. The van der Waals surface area contributed by atoms with E-state index in [1.807, 2.05) is 0 Å². The monoisotopic (exact) mass is 292 g/mol. The summed E-state index contributed by atoms with van der Waals surface area (Å²) in [6.07, 6.45) is 1.35. The Labute approximate surface area is 102 Å². The van der Waals surface area contributed by atoms with Crippen LogP contribution >= 0.6 is 0 Å². The largest absolute Gasteiger partial charge is 0.480 e. The number of hydroxylamine groups is 1. The predicted molar refractivity (Wildman–Crippen MR) is 59.8 cm³/mol. The third-order valence-electron chi connectivity index (χ3n) is 1.06. The van der Waals surface area contributed by atoms with Crippen LogP contribution in [0.25, 0.3) is 0 Å². The Kier molecular flexibility index (Phi) is 14.4. The van der Waals surface area contributed by atoms with Crippen molar-refractivity contribution in [2.75, 3.05) is 6.61 Å². The number of aliphatic carboxylic acids is 1. The van der Waals surface area contributed by atoms with Gasteiger partial charge in [-0.05, 0) is 6.42 Å². The Morgan fingerprint density at radius 1 is 1.50 bits per heavy atom. The molecule has 1 atom stereocenters. The molecule has 18 heavy (non-hydrogen) atoms. The van der Waals surface area contributed by atoms with Crippen molar-refractivity contribution >= 4 is 22.7 Å². The lowest BCUT2D eigenvalue weighted by Crippen LogP contribution is -2.32. The van der Waals surface area contributed by atoms with E-state index >= 15 is 0 Å². The third-order valence-corrected chi connectivity index (χ3v) is 1.06. The third kappa shape index (κ3) is 29.3. The van der Waals surface area contributed by atoms with Gasteiger partial charge in [-0.15, -0.1) is 0 Å². The smallest absolute Gasteiger partial charge is 0.394 e. The van der Waals surface area contributed by atoms with E-state index in [-0.39, 0.29) is 18.5 Å². The van der Waals surface area contributed by atoms with Crippen LogP contribution in [0.2, 0.25) is 0 Å². The molecule has 0 aromatic carbocycles. The number of hydrogen-bond acceptors (Lipinski definition) is 7. The van der Waals surface area contributed by atoms with E-state index < -0.39 is 22.4 Å². The highest BCUT2D eigenvalue weighted by atomic mass is 32.3. The first kappa shape index (κ1) is 21.7. The van der Waals surface area contributed by atoms with Crippen molar-refractivity contribution < 1.29 is 37.7 Å².